The minimum absolute atomic E-state index is 0. The van der Waals surface area contributed by atoms with E-state index in [1.807, 2.05) is 0 Å². The average molecular weight is 258 g/mol. The van der Waals surface area contributed by atoms with Crippen LogP contribution in [0.5, 0.6) is 0 Å². The molecule has 0 atom stereocenters. The first kappa shape index (κ1) is 58.4. The minimum Gasteiger partial charge on any atom is -0.784 e. The summed E-state index contributed by atoms with van der Waals surface area (Å²) in [6.07, 6.45) is 0. The Kier molecular flexibility index (Phi) is 197. The number of rotatable bonds is 0. The molecule has 0 unspecified atom stereocenters. The number of hydrogen-bond donors (Lipinski definition) is 1. The molecule has 0 bridgehead atoms. The maximum atomic E-state index is 9.00. The Labute approximate surface area is 127 Å². The van der Waals surface area contributed by atoms with E-state index < -0.39 is 17.3 Å². The molecule has 0 aromatic rings. The van der Waals surface area contributed by atoms with Gasteiger partial charge in [-0.2, -0.15) is 0 Å². The fraction of sp³-hybridized carbons (Fsp3) is 0.500. The summed E-state index contributed by atoms with van der Waals surface area (Å²) in [7, 11) is 0. The van der Waals surface area contributed by atoms with Crippen LogP contribution in [0.1, 0.15) is 6.92 Å². The molecule has 0 aliphatic rings. The summed E-state index contributed by atoms with van der Waals surface area (Å²) >= 11 is -3.11. The standard InChI is InChI=1S/C2H4O2.2Na.H2O3S.4H2O/c1-2(3)4;;;1-4(2)3;;;;/h1H3,(H,3,4);;;(H2,1,2,3);4*1H2/q;2*+1;;;;;/p-2. The van der Waals surface area contributed by atoms with Crippen molar-refractivity contribution in [2.45, 2.75) is 6.92 Å². The summed E-state index contributed by atoms with van der Waals surface area (Å²) in [5.74, 6) is -0.833. The van der Waals surface area contributed by atoms with Gasteiger partial charge in [-0.3, -0.25) is 9.00 Å². The molecule has 9 nitrogen and oxygen atoms in total. The van der Waals surface area contributed by atoms with Gasteiger partial charge in [-0.1, -0.05) is 0 Å². The van der Waals surface area contributed by atoms with Crippen LogP contribution in [0.15, 0.2) is 0 Å². The molecule has 0 fully saturated rings. The Hall–Kier alpha value is 1.38. The van der Waals surface area contributed by atoms with Crippen molar-refractivity contribution in [3.63, 3.8) is 0 Å². The van der Waals surface area contributed by atoms with Crippen LogP contribution in [0.2, 0.25) is 0 Å². The molecule has 0 aliphatic heterocycles. The van der Waals surface area contributed by atoms with Gasteiger partial charge < -0.3 is 36.1 Å². The van der Waals surface area contributed by atoms with E-state index in [2.05, 4.69) is 0 Å². The van der Waals surface area contributed by atoms with Gasteiger partial charge in [0.05, 0.1) is 0 Å². The molecule has 0 spiro atoms. The Morgan fingerprint density at radius 2 is 1.07 bits per heavy atom. The van der Waals surface area contributed by atoms with E-state index >= 15 is 0 Å². The van der Waals surface area contributed by atoms with Crippen LogP contribution < -0.4 is 59.1 Å². The van der Waals surface area contributed by atoms with E-state index in [1.165, 1.54) is 0 Å². The molecule has 0 rings (SSSR count). The summed E-state index contributed by atoms with van der Waals surface area (Å²) in [6.45, 7) is 1.08. The molecule has 0 radical (unpaired) electrons. The number of hydrogen-bond acceptors (Lipinski definition) is 4. The molecule has 14 heavy (non-hydrogen) atoms. The zero-order valence-corrected chi connectivity index (χ0v) is 12.8. The fourth-order valence-electron chi connectivity index (χ4n) is 0. The monoisotopic (exact) mass is 258 g/mol. The van der Waals surface area contributed by atoms with Gasteiger partial charge in [-0.15, -0.1) is 11.4 Å². The van der Waals surface area contributed by atoms with Crippen LogP contribution in [0.3, 0.4) is 0 Å². The first-order chi connectivity index (χ1) is 3.46. The van der Waals surface area contributed by atoms with Gasteiger partial charge in [0, 0.05) is 6.92 Å². The van der Waals surface area contributed by atoms with Crippen LogP contribution in [-0.4, -0.2) is 46.3 Å². The molecule has 0 saturated carbocycles. The minimum atomic E-state index is -3.11. The van der Waals surface area contributed by atoms with Crippen molar-refractivity contribution in [2.75, 3.05) is 0 Å². The molecular formula is C2H12Na2O9S. The third-order valence-corrected chi connectivity index (χ3v) is 0. The quantitative estimate of drug-likeness (QED) is 0.328. The van der Waals surface area contributed by atoms with E-state index in [-0.39, 0.29) is 81.0 Å². The van der Waals surface area contributed by atoms with Crippen molar-refractivity contribution >= 4 is 17.3 Å². The van der Waals surface area contributed by atoms with E-state index in [4.69, 9.17) is 23.2 Å². The third kappa shape index (κ3) is 1080. The Balaban J connectivity index is -0.00000000600. The van der Waals surface area contributed by atoms with Crippen LogP contribution in [-0.2, 0) is 16.2 Å². The van der Waals surface area contributed by atoms with Gasteiger partial charge in [0.25, 0.3) is 5.97 Å². The number of carboxylic acids is 1. The van der Waals surface area contributed by atoms with Crippen molar-refractivity contribution in [3.8, 4) is 0 Å². The third-order valence-electron chi connectivity index (χ3n) is 0. The van der Waals surface area contributed by atoms with Crippen LogP contribution in [0, 0.1) is 0 Å². The van der Waals surface area contributed by atoms with Gasteiger partial charge in [0.15, 0.2) is 0 Å². The fourth-order valence-corrected chi connectivity index (χ4v) is 0. The summed E-state index contributed by atoms with van der Waals surface area (Å²) in [5, 5.41) is 7.42. The van der Waals surface area contributed by atoms with E-state index in [0.29, 0.717) is 0 Å². The molecule has 0 amide bonds. The Morgan fingerprint density at radius 3 is 1.07 bits per heavy atom. The van der Waals surface area contributed by atoms with Crippen molar-refractivity contribution < 1.29 is 104 Å². The molecule has 9 N–H and O–H groups in total. The van der Waals surface area contributed by atoms with Crippen LogP contribution >= 0.6 is 0 Å². The Bertz CT molecular complexity index is 78.8. The SMILES string of the molecule is CC(=O)O.O.O.O.O.O=S([O-])[O-].[Na+].[Na+]. The maximum Gasteiger partial charge on any atom is 1.00 e. The second-order valence-corrected chi connectivity index (χ2v) is 1.13. The summed E-state index contributed by atoms with van der Waals surface area (Å²) in [4.78, 5) is 9.00. The van der Waals surface area contributed by atoms with Crippen LogP contribution in [0.25, 0.3) is 0 Å². The normalized spacial score (nSPS) is 4.29. The van der Waals surface area contributed by atoms with Gasteiger partial charge in [-0.25, -0.2) is 0 Å². The van der Waals surface area contributed by atoms with Crippen molar-refractivity contribution in [1.82, 2.24) is 0 Å². The maximum absolute atomic E-state index is 9.00. The molecule has 0 saturated heterocycles. The summed E-state index contributed by atoms with van der Waals surface area (Å²) < 4.78 is 25.3. The van der Waals surface area contributed by atoms with Gasteiger partial charge in [0.2, 0.25) is 0 Å². The van der Waals surface area contributed by atoms with E-state index in [1.54, 1.807) is 0 Å². The second kappa shape index (κ2) is 47.3. The zero-order chi connectivity index (χ0) is 7.15. The molecule has 0 heterocycles. The molecule has 0 aliphatic carbocycles. The first-order valence-electron chi connectivity index (χ1n) is 1.43. The van der Waals surface area contributed by atoms with Gasteiger partial charge in [-0.05, 0) is 0 Å². The predicted octanol–water partition coefficient (Wildman–Crippen LogP) is -10.2. The Morgan fingerprint density at radius 1 is 1.07 bits per heavy atom. The molecule has 0 aromatic heterocycles. The summed E-state index contributed by atoms with van der Waals surface area (Å²) in [5.41, 5.74) is 0. The molecule has 0 aromatic carbocycles. The second-order valence-electron chi connectivity index (χ2n) is 0.723. The largest absolute Gasteiger partial charge is 1.00 e. The molecule has 12 heteroatoms. The van der Waals surface area contributed by atoms with Crippen molar-refractivity contribution in [2.24, 2.45) is 0 Å². The predicted molar refractivity (Wildman–Crippen MR) is 37.5 cm³/mol. The van der Waals surface area contributed by atoms with Gasteiger partial charge >= 0.3 is 59.1 Å². The van der Waals surface area contributed by atoms with Crippen LogP contribution in [0.4, 0.5) is 0 Å². The first-order valence-corrected chi connectivity index (χ1v) is 2.43. The number of carbonyl (C=O) groups is 1. The topological polar surface area (TPSA) is 226 Å². The van der Waals surface area contributed by atoms with E-state index in [0.717, 1.165) is 6.92 Å². The van der Waals surface area contributed by atoms with Crippen molar-refractivity contribution in [3.05, 3.63) is 0 Å². The molecule has 82 valence electrons. The van der Waals surface area contributed by atoms with E-state index in [9.17, 15) is 0 Å². The smallest absolute Gasteiger partial charge is 0.784 e. The van der Waals surface area contributed by atoms with Crippen molar-refractivity contribution in [1.29, 1.82) is 0 Å². The zero-order valence-electron chi connectivity index (χ0n) is 7.99. The van der Waals surface area contributed by atoms with Gasteiger partial charge in [0.1, 0.15) is 0 Å². The number of carboxylic acid groups (broad SMARTS) is 1. The molecular weight excluding hydrogens is 246 g/mol. The summed E-state index contributed by atoms with van der Waals surface area (Å²) in [6, 6.07) is 0. The number of aliphatic carboxylic acids is 1. The average Bonchev–Trinajstić information content (AvgIpc) is 1.25.